The van der Waals surface area contributed by atoms with E-state index < -0.39 is 10.7 Å². The number of hydrogen-bond acceptors (Lipinski definition) is 6. The van der Waals surface area contributed by atoms with Crippen LogP contribution in [-0.4, -0.2) is 42.0 Å². The van der Waals surface area contributed by atoms with Crippen molar-refractivity contribution < 1.29 is 14.4 Å². The van der Waals surface area contributed by atoms with Gasteiger partial charge in [-0.3, -0.25) is 10.1 Å². The summed E-state index contributed by atoms with van der Waals surface area (Å²) in [6.45, 7) is 4.58. The molecule has 7 heteroatoms. The standard InChI is InChI=1S/C13H17N3O4/c1-10-7-11(16(17)18)8-14-12(10)15-4-2-3-13(9-15)19-5-6-20-13/h7-8H,2-6,9H2,1H3. The summed E-state index contributed by atoms with van der Waals surface area (Å²) in [5.74, 6) is 0.252. The molecule has 2 aliphatic rings. The number of nitro groups is 1. The van der Waals surface area contributed by atoms with Gasteiger partial charge in [-0.15, -0.1) is 0 Å². The summed E-state index contributed by atoms with van der Waals surface area (Å²) in [7, 11) is 0. The predicted octanol–water partition coefficient (Wildman–Crippen LogP) is 1.64. The van der Waals surface area contributed by atoms with Crippen LogP contribution in [0, 0.1) is 17.0 Å². The minimum Gasteiger partial charge on any atom is -0.351 e. The van der Waals surface area contributed by atoms with Crippen LogP contribution >= 0.6 is 0 Å². The molecule has 7 nitrogen and oxygen atoms in total. The fraction of sp³-hybridized carbons (Fsp3) is 0.615. The molecular weight excluding hydrogens is 262 g/mol. The zero-order valence-corrected chi connectivity index (χ0v) is 11.4. The highest BCUT2D eigenvalue weighted by Crippen LogP contribution is 2.33. The second-order valence-electron chi connectivity index (χ2n) is 5.22. The Morgan fingerprint density at radius 3 is 2.85 bits per heavy atom. The van der Waals surface area contributed by atoms with E-state index in [1.54, 1.807) is 6.07 Å². The lowest BCUT2D eigenvalue weighted by Gasteiger charge is -2.39. The van der Waals surface area contributed by atoms with E-state index in [1.807, 2.05) is 6.92 Å². The lowest BCUT2D eigenvalue weighted by molar-refractivity contribution is -0.385. The lowest BCUT2D eigenvalue weighted by atomic mass is 10.0. The molecule has 2 saturated heterocycles. The van der Waals surface area contributed by atoms with Crippen molar-refractivity contribution in [2.75, 3.05) is 31.2 Å². The Kier molecular flexibility index (Phi) is 3.31. The molecule has 0 radical (unpaired) electrons. The molecule has 3 heterocycles. The van der Waals surface area contributed by atoms with Crippen LogP contribution in [0.3, 0.4) is 0 Å². The maximum atomic E-state index is 10.8. The molecule has 1 aromatic rings. The number of aryl methyl sites for hydroxylation is 1. The molecule has 0 aromatic carbocycles. The van der Waals surface area contributed by atoms with Crippen molar-refractivity contribution in [3.63, 3.8) is 0 Å². The van der Waals surface area contributed by atoms with Crippen LogP contribution in [0.2, 0.25) is 0 Å². The van der Waals surface area contributed by atoms with Gasteiger partial charge in [0, 0.05) is 19.0 Å². The van der Waals surface area contributed by atoms with Gasteiger partial charge >= 0.3 is 0 Å². The average Bonchev–Trinajstić information content (AvgIpc) is 2.86. The number of aromatic nitrogens is 1. The maximum absolute atomic E-state index is 10.8. The van der Waals surface area contributed by atoms with Crippen molar-refractivity contribution in [2.45, 2.75) is 25.6 Å². The third kappa shape index (κ3) is 2.34. The van der Waals surface area contributed by atoms with Crippen molar-refractivity contribution in [1.29, 1.82) is 0 Å². The van der Waals surface area contributed by atoms with Crippen molar-refractivity contribution in [3.8, 4) is 0 Å². The molecule has 3 rings (SSSR count). The quantitative estimate of drug-likeness (QED) is 0.605. The molecule has 0 saturated carbocycles. The first-order chi connectivity index (χ1) is 9.60. The second kappa shape index (κ2) is 4.99. The fourth-order valence-corrected chi connectivity index (χ4v) is 2.89. The zero-order chi connectivity index (χ0) is 14.2. The number of nitrogens with zero attached hydrogens (tertiary/aromatic N) is 3. The summed E-state index contributed by atoms with van der Waals surface area (Å²) in [4.78, 5) is 16.7. The number of piperidine rings is 1. The summed E-state index contributed by atoms with van der Waals surface area (Å²) in [5, 5.41) is 10.8. The van der Waals surface area contributed by atoms with Crippen LogP contribution in [0.1, 0.15) is 18.4 Å². The molecule has 20 heavy (non-hydrogen) atoms. The molecule has 0 atom stereocenters. The molecule has 2 aliphatic heterocycles. The number of anilines is 1. The van der Waals surface area contributed by atoms with Gasteiger partial charge in [0.15, 0.2) is 5.79 Å². The van der Waals surface area contributed by atoms with Gasteiger partial charge in [0.1, 0.15) is 12.0 Å². The van der Waals surface area contributed by atoms with E-state index >= 15 is 0 Å². The van der Waals surface area contributed by atoms with Gasteiger partial charge in [-0.2, -0.15) is 0 Å². The zero-order valence-electron chi connectivity index (χ0n) is 11.4. The van der Waals surface area contributed by atoms with Crippen LogP contribution in [0.5, 0.6) is 0 Å². The first-order valence-electron chi connectivity index (χ1n) is 6.74. The van der Waals surface area contributed by atoms with E-state index in [0.717, 1.165) is 30.8 Å². The van der Waals surface area contributed by atoms with Gasteiger partial charge in [-0.05, 0) is 18.9 Å². The molecule has 2 fully saturated rings. The van der Waals surface area contributed by atoms with E-state index in [1.165, 1.54) is 6.20 Å². The minimum absolute atomic E-state index is 0.0198. The summed E-state index contributed by atoms with van der Waals surface area (Å²) in [6, 6.07) is 1.56. The summed E-state index contributed by atoms with van der Waals surface area (Å²) in [5.41, 5.74) is 0.820. The fourth-order valence-electron chi connectivity index (χ4n) is 2.89. The Bertz CT molecular complexity index is 528. The first-order valence-corrected chi connectivity index (χ1v) is 6.74. The van der Waals surface area contributed by atoms with E-state index in [4.69, 9.17) is 9.47 Å². The molecule has 1 spiro atoms. The minimum atomic E-state index is -0.520. The molecule has 0 N–H and O–H groups in total. The summed E-state index contributed by atoms with van der Waals surface area (Å²) in [6.07, 6.45) is 3.15. The van der Waals surface area contributed by atoms with E-state index in [0.29, 0.717) is 19.8 Å². The molecule has 0 unspecified atom stereocenters. The maximum Gasteiger partial charge on any atom is 0.287 e. The Balaban J connectivity index is 1.83. The third-order valence-electron chi connectivity index (χ3n) is 3.78. The van der Waals surface area contributed by atoms with E-state index in [2.05, 4.69) is 9.88 Å². The SMILES string of the molecule is Cc1cc([N+](=O)[O-])cnc1N1CCCC2(C1)OCCO2. The van der Waals surface area contributed by atoms with Gasteiger partial charge in [-0.1, -0.05) is 0 Å². The Labute approximate surface area is 116 Å². The van der Waals surface area contributed by atoms with Crippen LogP contribution < -0.4 is 4.90 Å². The molecule has 1 aromatic heterocycles. The number of rotatable bonds is 2. The topological polar surface area (TPSA) is 77.7 Å². The molecule has 0 amide bonds. The number of hydrogen-bond donors (Lipinski definition) is 0. The van der Waals surface area contributed by atoms with Gasteiger partial charge in [-0.25, -0.2) is 4.98 Å². The number of ether oxygens (including phenoxy) is 2. The monoisotopic (exact) mass is 279 g/mol. The number of pyridine rings is 1. The van der Waals surface area contributed by atoms with Gasteiger partial charge in [0.25, 0.3) is 5.69 Å². The molecule has 0 bridgehead atoms. The Hall–Kier alpha value is -1.73. The second-order valence-corrected chi connectivity index (χ2v) is 5.22. The van der Waals surface area contributed by atoms with Crippen molar-refractivity contribution in [3.05, 3.63) is 27.9 Å². The first kappa shape index (κ1) is 13.3. The Morgan fingerprint density at radius 1 is 1.45 bits per heavy atom. The van der Waals surface area contributed by atoms with Gasteiger partial charge < -0.3 is 14.4 Å². The van der Waals surface area contributed by atoms with E-state index in [-0.39, 0.29) is 5.69 Å². The largest absolute Gasteiger partial charge is 0.351 e. The lowest BCUT2D eigenvalue weighted by Crippen LogP contribution is -2.49. The molecule has 108 valence electrons. The Morgan fingerprint density at radius 2 is 2.20 bits per heavy atom. The molecular formula is C13H17N3O4. The van der Waals surface area contributed by atoms with Gasteiger partial charge in [0.2, 0.25) is 0 Å². The van der Waals surface area contributed by atoms with Crippen LogP contribution in [0.4, 0.5) is 11.5 Å². The summed E-state index contributed by atoms with van der Waals surface area (Å²) < 4.78 is 11.5. The van der Waals surface area contributed by atoms with E-state index in [9.17, 15) is 10.1 Å². The highest BCUT2D eigenvalue weighted by molar-refractivity contribution is 5.51. The van der Waals surface area contributed by atoms with Crippen LogP contribution in [0.25, 0.3) is 0 Å². The third-order valence-corrected chi connectivity index (χ3v) is 3.78. The van der Waals surface area contributed by atoms with Crippen molar-refractivity contribution >= 4 is 11.5 Å². The van der Waals surface area contributed by atoms with Gasteiger partial charge in [0.05, 0.1) is 24.7 Å². The highest BCUT2D eigenvalue weighted by atomic mass is 16.7. The van der Waals surface area contributed by atoms with Crippen LogP contribution in [-0.2, 0) is 9.47 Å². The average molecular weight is 279 g/mol. The summed E-state index contributed by atoms with van der Waals surface area (Å²) >= 11 is 0. The highest BCUT2D eigenvalue weighted by Gasteiger charge is 2.41. The van der Waals surface area contributed by atoms with Crippen molar-refractivity contribution in [1.82, 2.24) is 4.98 Å². The predicted molar refractivity (Wildman–Crippen MR) is 71.7 cm³/mol. The smallest absolute Gasteiger partial charge is 0.287 e. The molecule has 0 aliphatic carbocycles. The van der Waals surface area contributed by atoms with Crippen molar-refractivity contribution in [2.24, 2.45) is 0 Å². The van der Waals surface area contributed by atoms with Crippen LogP contribution in [0.15, 0.2) is 12.3 Å². The normalized spacial score (nSPS) is 21.4.